The van der Waals surface area contributed by atoms with Crippen molar-refractivity contribution >= 4 is 5.97 Å². The lowest BCUT2D eigenvalue weighted by Gasteiger charge is -2.23. The highest BCUT2D eigenvalue weighted by Crippen LogP contribution is 2.10. The molecule has 1 saturated heterocycles. The molecule has 0 spiro atoms. The largest absolute Gasteiger partial charge is 0.481 e. The molecule has 1 fully saturated rings. The zero-order valence-electron chi connectivity index (χ0n) is 10.4. The topological polar surface area (TPSA) is 52.6 Å². The Morgan fingerprint density at radius 3 is 2.94 bits per heavy atom. The molecule has 1 heterocycles. The number of rotatable bonds is 5. The first-order chi connectivity index (χ1) is 7.61. The zero-order valence-corrected chi connectivity index (χ0v) is 10.4. The summed E-state index contributed by atoms with van der Waals surface area (Å²) in [5.74, 6) is -0.694. The summed E-state index contributed by atoms with van der Waals surface area (Å²) in [5, 5.41) is 12.2. The highest BCUT2D eigenvalue weighted by Gasteiger charge is 2.21. The van der Waals surface area contributed by atoms with Gasteiger partial charge in [0.05, 0.1) is 0 Å². The fourth-order valence-corrected chi connectivity index (χ4v) is 2.31. The first kappa shape index (κ1) is 13.5. The van der Waals surface area contributed by atoms with Crippen molar-refractivity contribution in [2.45, 2.75) is 51.6 Å². The van der Waals surface area contributed by atoms with Crippen LogP contribution in [0.2, 0.25) is 0 Å². The van der Waals surface area contributed by atoms with Crippen molar-refractivity contribution in [3.05, 3.63) is 0 Å². The molecule has 0 bridgehead atoms. The van der Waals surface area contributed by atoms with Crippen molar-refractivity contribution in [1.29, 1.82) is 0 Å². The molecule has 0 radical (unpaired) electrons. The van der Waals surface area contributed by atoms with Crippen LogP contribution in [0.4, 0.5) is 0 Å². The average Bonchev–Trinajstić information content (AvgIpc) is 2.38. The standard InChI is InChI=1S/C12H24N2O2/c1-3-7-14-8-6-10(2)13-11(9-14)4-5-12(15)16/h10-11,13H,3-9H2,1-2H3,(H,15,16). The number of aliphatic carboxylic acids is 1. The first-order valence-electron chi connectivity index (χ1n) is 6.32. The van der Waals surface area contributed by atoms with Crippen molar-refractivity contribution in [2.24, 2.45) is 0 Å². The third-order valence-corrected chi connectivity index (χ3v) is 3.12. The SMILES string of the molecule is CCCN1CCC(C)NC(CCC(=O)O)C1. The van der Waals surface area contributed by atoms with Crippen molar-refractivity contribution < 1.29 is 9.90 Å². The molecule has 0 aromatic carbocycles. The van der Waals surface area contributed by atoms with Crippen molar-refractivity contribution in [3.8, 4) is 0 Å². The minimum atomic E-state index is -0.694. The van der Waals surface area contributed by atoms with Gasteiger partial charge in [-0.1, -0.05) is 6.92 Å². The Morgan fingerprint density at radius 1 is 1.56 bits per heavy atom. The molecule has 2 N–H and O–H groups in total. The Hall–Kier alpha value is -0.610. The number of hydrogen-bond donors (Lipinski definition) is 2. The Balaban J connectivity index is 2.42. The molecule has 1 rings (SSSR count). The molecule has 16 heavy (non-hydrogen) atoms. The molecule has 0 saturated carbocycles. The Labute approximate surface area is 98.0 Å². The van der Waals surface area contributed by atoms with Gasteiger partial charge < -0.3 is 15.3 Å². The lowest BCUT2D eigenvalue weighted by Crippen LogP contribution is -2.40. The van der Waals surface area contributed by atoms with Crippen LogP contribution in [-0.4, -0.2) is 47.7 Å². The summed E-state index contributed by atoms with van der Waals surface area (Å²) in [6, 6.07) is 0.834. The minimum Gasteiger partial charge on any atom is -0.481 e. The van der Waals surface area contributed by atoms with Gasteiger partial charge in [-0.05, 0) is 39.3 Å². The van der Waals surface area contributed by atoms with E-state index in [1.807, 2.05) is 0 Å². The second kappa shape index (κ2) is 6.86. The van der Waals surface area contributed by atoms with Crippen molar-refractivity contribution in [1.82, 2.24) is 10.2 Å². The minimum absolute atomic E-state index is 0.268. The van der Waals surface area contributed by atoms with Crippen LogP contribution in [0.15, 0.2) is 0 Å². The molecule has 1 aliphatic rings. The van der Waals surface area contributed by atoms with Gasteiger partial charge in [0.2, 0.25) is 0 Å². The molecule has 0 aromatic heterocycles. The third kappa shape index (κ3) is 4.94. The van der Waals surface area contributed by atoms with Gasteiger partial charge >= 0.3 is 5.97 Å². The van der Waals surface area contributed by atoms with Gasteiger partial charge in [0.15, 0.2) is 0 Å². The van der Waals surface area contributed by atoms with E-state index in [0.717, 1.165) is 32.5 Å². The van der Waals surface area contributed by atoms with E-state index < -0.39 is 5.97 Å². The quantitative estimate of drug-likeness (QED) is 0.745. The van der Waals surface area contributed by atoms with E-state index >= 15 is 0 Å². The van der Waals surface area contributed by atoms with E-state index in [0.29, 0.717) is 12.1 Å². The van der Waals surface area contributed by atoms with Gasteiger partial charge in [-0.2, -0.15) is 0 Å². The molecular weight excluding hydrogens is 204 g/mol. The van der Waals surface area contributed by atoms with Crippen LogP contribution >= 0.6 is 0 Å². The summed E-state index contributed by atoms with van der Waals surface area (Å²) in [4.78, 5) is 13.0. The fourth-order valence-electron chi connectivity index (χ4n) is 2.31. The Kier molecular flexibility index (Phi) is 5.77. The van der Waals surface area contributed by atoms with Crippen LogP contribution in [0.1, 0.15) is 39.5 Å². The van der Waals surface area contributed by atoms with Crippen molar-refractivity contribution in [3.63, 3.8) is 0 Å². The second-order valence-corrected chi connectivity index (χ2v) is 4.79. The van der Waals surface area contributed by atoms with Crippen molar-refractivity contribution in [2.75, 3.05) is 19.6 Å². The highest BCUT2D eigenvalue weighted by atomic mass is 16.4. The van der Waals surface area contributed by atoms with Crippen LogP contribution < -0.4 is 5.32 Å². The number of hydrogen-bond acceptors (Lipinski definition) is 3. The van der Waals surface area contributed by atoms with E-state index in [1.54, 1.807) is 0 Å². The Bertz CT molecular complexity index is 221. The maximum atomic E-state index is 10.6. The Morgan fingerprint density at radius 2 is 2.31 bits per heavy atom. The maximum Gasteiger partial charge on any atom is 0.303 e. The number of carboxylic acid groups (broad SMARTS) is 1. The molecule has 0 amide bonds. The van der Waals surface area contributed by atoms with Crippen LogP contribution in [0, 0.1) is 0 Å². The normalized spacial score (nSPS) is 27.6. The molecule has 1 aliphatic heterocycles. The summed E-state index contributed by atoms with van der Waals surface area (Å²) in [6.45, 7) is 7.62. The van der Waals surface area contributed by atoms with Gasteiger partial charge in [0.1, 0.15) is 0 Å². The third-order valence-electron chi connectivity index (χ3n) is 3.12. The maximum absolute atomic E-state index is 10.6. The molecule has 94 valence electrons. The zero-order chi connectivity index (χ0) is 12.0. The van der Waals surface area contributed by atoms with E-state index in [2.05, 4.69) is 24.1 Å². The van der Waals surface area contributed by atoms with Gasteiger partial charge in [-0.15, -0.1) is 0 Å². The summed E-state index contributed by atoms with van der Waals surface area (Å²) in [5.41, 5.74) is 0. The van der Waals surface area contributed by atoms with Gasteiger partial charge in [0, 0.05) is 25.0 Å². The van der Waals surface area contributed by atoms with E-state index in [4.69, 9.17) is 5.11 Å². The van der Waals surface area contributed by atoms with E-state index in [-0.39, 0.29) is 6.42 Å². The van der Waals surface area contributed by atoms with Gasteiger partial charge in [0.25, 0.3) is 0 Å². The fraction of sp³-hybridized carbons (Fsp3) is 0.917. The van der Waals surface area contributed by atoms with Crippen LogP contribution in [-0.2, 0) is 4.79 Å². The lowest BCUT2D eigenvalue weighted by molar-refractivity contribution is -0.137. The molecular formula is C12H24N2O2. The molecule has 4 heteroatoms. The van der Waals surface area contributed by atoms with Crippen LogP contribution in [0.3, 0.4) is 0 Å². The first-order valence-corrected chi connectivity index (χ1v) is 6.32. The highest BCUT2D eigenvalue weighted by molar-refractivity contribution is 5.66. The van der Waals surface area contributed by atoms with Crippen LogP contribution in [0.25, 0.3) is 0 Å². The monoisotopic (exact) mass is 228 g/mol. The van der Waals surface area contributed by atoms with Gasteiger partial charge in [-0.3, -0.25) is 4.79 Å². The van der Waals surface area contributed by atoms with E-state index in [1.165, 1.54) is 6.42 Å². The average molecular weight is 228 g/mol. The summed E-state index contributed by atoms with van der Waals surface area (Å²) >= 11 is 0. The molecule has 2 atom stereocenters. The predicted octanol–water partition coefficient (Wildman–Crippen LogP) is 1.31. The summed E-state index contributed by atoms with van der Waals surface area (Å²) in [7, 11) is 0. The smallest absolute Gasteiger partial charge is 0.303 e. The molecule has 0 aromatic rings. The number of carbonyl (C=O) groups is 1. The van der Waals surface area contributed by atoms with E-state index in [9.17, 15) is 4.79 Å². The lowest BCUT2D eigenvalue weighted by atomic mass is 10.1. The molecule has 2 unspecified atom stereocenters. The molecule has 4 nitrogen and oxygen atoms in total. The summed E-state index contributed by atoms with van der Waals surface area (Å²) in [6.07, 6.45) is 3.33. The predicted molar refractivity (Wildman–Crippen MR) is 64.6 cm³/mol. The number of nitrogens with zero attached hydrogens (tertiary/aromatic N) is 1. The second-order valence-electron chi connectivity index (χ2n) is 4.79. The van der Waals surface area contributed by atoms with Crippen LogP contribution in [0.5, 0.6) is 0 Å². The number of carboxylic acids is 1. The summed E-state index contributed by atoms with van der Waals surface area (Å²) < 4.78 is 0. The molecule has 0 aliphatic carbocycles. The number of nitrogens with one attached hydrogen (secondary N) is 1. The van der Waals surface area contributed by atoms with Gasteiger partial charge in [-0.25, -0.2) is 0 Å².